The van der Waals surface area contributed by atoms with Crippen LogP contribution in [0.25, 0.3) is 11.0 Å². The number of anilines is 1. The van der Waals surface area contributed by atoms with Crippen LogP contribution < -0.4 is 4.90 Å². The van der Waals surface area contributed by atoms with Crippen LogP contribution in [0.2, 0.25) is 5.15 Å². The van der Waals surface area contributed by atoms with Crippen LogP contribution >= 0.6 is 11.6 Å². The van der Waals surface area contributed by atoms with E-state index in [0.29, 0.717) is 23.9 Å². The third-order valence-electron chi connectivity index (χ3n) is 3.58. The van der Waals surface area contributed by atoms with Crippen LogP contribution in [0.4, 0.5) is 5.82 Å². The Labute approximate surface area is 121 Å². The minimum absolute atomic E-state index is 0.328. The number of halogens is 1. The predicted octanol–water partition coefficient (Wildman–Crippen LogP) is 2.58. The highest BCUT2D eigenvalue weighted by atomic mass is 35.5. The minimum Gasteiger partial charge on any atom is -0.481 e. The summed E-state index contributed by atoms with van der Waals surface area (Å²) in [7, 11) is 0. The topological polar surface area (TPSA) is 66.3 Å². The quantitative estimate of drug-likeness (QED) is 0.921. The zero-order valence-electron chi connectivity index (χ0n) is 10.8. The molecular formula is C14H14ClN3O2. The van der Waals surface area contributed by atoms with Gasteiger partial charge in [-0.3, -0.25) is 4.79 Å². The maximum absolute atomic E-state index is 11.1. The highest BCUT2D eigenvalue weighted by Gasteiger charge is 2.27. The normalized spacial score (nSPS) is 19.2. The molecule has 0 bridgehead atoms. The third-order valence-corrected chi connectivity index (χ3v) is 3.83. The third kappa shape index (κ3) is 2.41. The van der Waals surface area contributed by atoms with E-state index in [2.05, 4.69) is 9.97 Å². The molecule has 0 radical (unpaired) electrons. The summed E-state index contributed by atoms with van der Waals surface area (Å²) in [6.45, 7) is 1.19. The number of carboxylic acids is 1. The summed E-state index contributed by atoms with van der Waals surface area (Å²) in [5, 5.41) is 9.48. The van der Waals surface area contributed by atoms with Gasteiger partial charge >= 0.3 is 5.97 Å². The van der Waals surface area contributed by atoms with Gasteiger partial charge in [-0.25, -0.2) is 9.97 Å². The lowest BCUT2D eigenvalue weighted by molar-refractivity contribution is -0.141. The summed E-state index contributed by atoms with van der Waals surface area (Å²) in [6.07, 6.45) is 1.52. The summed E-state index contributed by atoms with van der Waals surface area (Å²) < 4.78 is 0. The highest BCUT2D eigenvalue weighted by molar-refractivity contribution is 6.32. The average Bonchev–Trinajstić information content (AvgIpc) is 2.46. The van der Waals surface area contributed by atoms with Gasteiger partial charge in [0.15, 0.2) is 11.0 Å². The first-order chi connectivity index (χ1) is 9.65. The number of hydrogen-bond donors (Lipinski definition) is 1. The number of aliphatic carboxylic acids is 1. The Morgan fingerprint density at radius 3 is 2.70 bits per heavy atom. The van der Waals surface area contributed by atoms with E-state index in [1.165, 1.54) is 0 Å². The van der Waals surface area contributed by atoms with Crippen LogP contribution in [-0.2, 0) is 4.79 Å². The smallest absolute Gasteiger partial charge is 0.308 e. The Kier molecular flexibility index (Phi) is 3.44. The Morgan fingerprint density at radius 1 is 1.30 bits per heavy atom. The Balaban J connectivity index is 1.96. The molecule has 1 fully saturated rings. The molecule has 0 amide bonds. The fourth-order valence-corrected chi connectivity index (χ4v) is 2.79. The van der Waals surface area contributed by atoms with Crippen LogP contribution in [0.15, 0.2) is 24.3 Å². The number of carbonyl (C=O) groups is 1. The van der Waals surface area contributed by atoms with Crippen molar-refractivity contribution in [3.05, 3.63) is 29.4 Å². The molecule has 1 N–H and O–H groups in total. The maximum Gasteiger partial charge on any atom is 0.308 e. The van der Waals surface area contributed by atoms with Crippen molar-refractivity contribution in [2.75, 3.05) is 18.0 Å². The average molecular weight is 292 g/mol. The lowest BCUT2D eigenvalue weighted by atomic mass is 9.98. The van der Waals surface area contributed by atoms with Crippen molar-refractivity contribution >= 4 is 34.4 Å². The predicted molar refractivity (Wildman–Crippen MR) is 77.1 cm³/mol. The van der Waals surface area contributed by atoms with Crippen LogP contribution in [0, 0.1) is 5.92 Å². The van der Waals surface area contributed by atoms with Gasteiger partial charge in [0, 0.05) is 13.1 Å². The summed E-state index contributed by atoms with van der Waals surface area (Å²) in [4.78, 5) is 21.9. The van der Waals surface area contributed by atoms with Gasteiger partial charge < -0.3 is 10.0 Å². The van der Waals surface area contributed by atoms with Crippen LogP contribution in [0.3, 0.4) is 0 Å². The van der Waals surface area contributed by atoms with E-state index in [0.717, 1.165) is 24.0 Å². The molecule has 2 heterocycles. The van der Waals surface area contributed by atoms with Crippen LogP contribution in [0.1, 0.15) is 12.8 Å². The molecule has 1 aromatic heterocycles. The van der Waals surface area contributed by atoms with Gasteiger partial charge in [-0.15, -0.1) is 0 Å². The van der Waals surface area contributed by atoms with Gasteiger partial charge in [-0.2, -0.15) is 0 Å². The molecule has 1 aliphatic heterocycles. The van der Waals surface area contributed by atoms with E-state index < -0.39 is 5.97 Å². The molecule has 6 heteroatoms. The van der Waals surface area contributed by atoms with Crippen LogP contribution in [-0.4, -0.2) is 34.1 Å². The second-order valence-electron chi connectivity index (χ2n) is 4.95. The fourth-order valence-electron chi connectivity index (χ4n) is 2.54. The van der Waals surface area contributed by atoms with Crippen LogP contribution in [0.5, 0.6) is 0 Å². The summed E-state index contributed by atoms with van der Waals surface area (Å²) >= 11 is 6.20. The molecule has 5 nitrogen and oxygen atoms in total. The Morgan fingerprint density at radius 2 is 2.00 bits per heavy atom. The van der Waals surface area contributed by atoms with Gasteiger partial charge in [-0.05, 0) is 25.0 Å². The second kappa shape index (κ2) is 5.25. The first-order valence-electron chi connectivity index (χ1n) is 6.55. The van der Waals surface area contributed by atoms with Gasteiger partial charge in [0.1, 0.15) is 0 Å². The van der Waals surface area contributed by atoms with E-state index in [4.69, 9.17) is 16.7 Å². The molecule has 0 unspecified atom stereocenters. The molecule has 0 saturated carbocycles. The molecule has 2 aromatic rings. The number of aromatic nitrogens is 2. The summed E-state index contributed by atoms with van der Waals surface area (Å²) in [5.41, 5.74) is 1.51. The number of piperidine rings is 1. The summed E-state index contributed by atoms with van der Waals surface area (Å²) in [6, 6.07) is 7.51. The monoisotopic (exact) mass is 291 g/mol. The zero-order chi connectivity index (χ0) is 14.1. The first-order valence-corrected chi connectivity index (χ1v) is 6.93. The molecular weight excluding hydrogens is 278 g/mol. The molecule has 1 aromatic carbocycles. The van der Waals surface area contributed by atoms with Gasteiger partial charge in [0.25, 0.3) is 0 Å². The van der Waals surface area contributed by atoms with E-state index >= 15 is 0 Å². The molecule has 20 heavy (non-hydrogen) atoms. The maximum atomic E-state index is 11.1. The number of rotatable bonds is 2. The number of benzene rings is 1. The number of fused-ring (bicyclic) bond motifs is 1. The van der Waals surface area contributed by atoms with Gasteiger partial charge in [0.2, 0.25) is 0 Å². The standard InChI is InChI=1S/C14H14ClN3O2/c15-12-13(17-11-6-2-1-5-10(11)16-12)18-7-3-4-9(8-18)14(19)20/h1-2,5-6,9H,3-4,7-8H2,(H,19,20)/t9-/m1/s1. The molecule has 0 spiro atoms. The van der Waals surface area contributed by atoms with E-state index in [-0.39, 0.29) is 5.92 Å². The van der Waals surface area contributed by atoms with Crippen molar-refractivity contribution in [2.24, 2.45) is 5.92 Å². The Bertz CT molecular complexity index is 662. The van der Waals surface area contributed by atoms with Crippen molar-refractivity contribution in [3.63, 3.8) is 0 Å². The minimum atomic E-state index is -0.764. The van der Waals surface area contributed by atoms with Crippen molar-refractivity contribution in [3.8, 4) is 0 Å². The second-order valence-corrected chi connectivity index (χ2v) is 5.31. The highest BCUT2D eigenvalue weighted by Crippen LogP contribution is 2.28. The number of para-hydroxylation sites is 2. The molecule has 3 rings (SSSR count). The van der Waals surface area contributed by atoms with Gasteiger partial charge in [-0.1, -0.05) is 23.7 Å². The Hall–Kier alpha value is -1.88. The van der Waals surface area contributed by atoms with Crippen molar-refractivity contribution in [1.29, 1.82) is 0 Å². The van der Waals surface area contributed by atoms with E-state index in [9.17, 15) is 4.79 Å². The van der Waals surface area contributed by atoms with Gasteiger partial charge in [0.05, 0.1) is 17.0 Å². The summed E-state index contributed by atoms with van der Waals surface area (Å²) in [5.74, 6) is -0.552. The number of nitrogens with zero attached hydrogens (tertiary/aromatic N) is 3. The first kappa shape index (κ1) is 13.1. The largest absolute Gasteiger partial charge is 0.481 e. The van der Waals surface area contributed by atoms with Crippen molar-refractivity contribution < 1.29 is 9.90 Å². The molecule has 1 aliphatic rings. The van der Waals surface area contributed by atoms with Crippen molar-refractivity contribution in [2.45, 2.75) is 12.8 Å². The molecule has 0 aliphatic carbocycles. The van der Waals surface area contributed by atoms with Crippen molar-refractivity contribution in [1.82, 2.24) is 9.97 Å². The fraction of sp³-hybridized carbons (Fsp3) is 0.357. The number of hydrogen-bond acceptors (Lipinski definition) is 4. The zero-order valence-corrected chi connectivity index (χ0v) is 11.5. The SMILES string of the molecule is O=C(O)[C@@H]1CCCN(c2nc3ccccc3nc2Cl)C1. The molecule has 1 atom stereocenters. The molecule has 1 saturated heterocycles. The number of carboxylic acid groups (broad SMARTS) is 1. The van der Waals surface area contributed by atoms with E-state index in [1.54, 1.807) is 0 Å². The lowest BCUT2D eigenvalue weighted by Crippen LogP contribution is -2.39. The molecule has 104 valence electrons. The lowest BCUT2D eigenvalue weighted by Gasteiger charge is -2.31. The van der Waals surface area contributed by atoms with E-state index in [1.807, 2.05) is 29.2 Å².